The summed E-state index contributed by atoms with van der Waals surface area (Å²) in [5.41, 5.74) is 9.71. The van der Waals surface area contributed by atoms with Gasteiger partial charge in [0.1, 0.15) is 0 Å². The Morgan fingerprint density at radius 2 is 0.800 bits per heavy atom. The van der Waals surface area contributed by atoms with Crippen LogP contribution in [0, 0.1) is 0 Å². The van der Waals surface area contributed by atoms with Gasteiger partial charge in [-0.2, -0.15) is 0 Å². The van der Waals surface area contributed by atoms with Gasteiger partial charge in [0.25, 0.3) is 0 Å². The highest BCUT2D eigenvalue weighted by Crippen LogP contribution is 2.37. The lowest BCUT2D eigenvalue weighted by molar-refractivity contribution is 1.55. The Balaban J connectivity index is 1.55. The van der Waals surface area contributed by atoms with E-state index in [1.165, 1.54) is 55.3 Å². The normalized spacial score (nSPS) is 11.0. The number of hydrogen-bond acceptors (Lipinski definition) is 0. The molecule has 6 rings (SSSR count). The lowest BCUT2D eigenvalue weighted by Crippen LogP contribution is -1.88. The van der Waals surface area contributed by atoms with Crippen molar-refractivity contribution in [2.24, 2.45) is 0 Å². The zero-order valence-electron chi connectivity index (χ0n) is 19.2. The molecule has 0 aromatic heterocycles. The molecule has 166 valence electrons. The predicted molar refractivity (Wildman–Crippen MR) is 153 cm³/mol. The number of benzene rings is 6. The Hall–Kier alpha value is -3.94. The Bertz CT molecular complexity index is 1570. The first-order valence-electron chi connectivity index (χ1n) is 11.8. The molecule has 0 nitrogen and oxygen atoms in total. The maximum Gasteiger partial charge on any atom is 0.0187 e. The largest absolute Gasteiger partial charge is 0.0622 e. The highest BCUT2D eigenvalue weighted by atomic mass is 79.9. The Morgan fingerprint density at radius 1 is 0.343 bits per heavy atom. The molecular weight excluding hydrogens is 488 g/mol. The third kappa shape index (κ3) is 4.43. The summed E-state index contributed by atoms with van der Waals surface area (Å²) in [5.74, 6) is 0. The van der Waals surface area contributed by atoms with E-state index in [-0.39, 0.29) is 0 Å². The van der Waals surface area contributed by atoms with E-state index in [4.69, 9.17) is 0 Å². The Kier molecular flexibility index (Phi) is 5.78. The molecule has 6 aromatic carbocycles. The molecule has 0 amide bonds. The van der Waals surface area contributed by atoms with Gasteiger partial charge in [0, 0.05) is 4.47 Å². The maximum absolute atomic E-state index is 3.80. The van der Waals surface area contributed by atoms with Gasteiger partial charge in [0.15, 0.2) is 0 Å². The van der Waals surface area contributed by atoms with Crippen molar-refractivity contribution < 1.29 is 0 Å². The number of halogens is 1. The molecule has 0 unspecified atom stereocenters. The van der Waals surface area contributed by atoms with E-state index >= 15 is 0 Å². The van der Waals surface area contributed by atoms with Crippen molar-refractivity contribution in [2.45, 2.75) is 0 Å². The van der Waals surface area contributed by atoms with Crippen LogP contribution in [0.15, 0.2) is 144 Å². The molecule has 0 aliphatic carbocycles. The minimum atomic E-state index is 1.07. The van der Waals surface area contributed by atoms with Crippen LogP contribution < -0.4 is 0 Å². The standard InChI is InChI=1S/C34H23Br/c35-32-22-30(21-31(23-32)34-17-9-15-26-14-7-8-16-33(26)34)29-19-27(24-10-3-1-4-11-24)18-28(20-29)25-12-5-2-6-13-25/h1-23H. The van der Waals surface area contributed by atoms with Crippen LogP contribution in [-0.4, -0.2) is 0 Å². The lowest BCUT2D eigenvalue weighted by atomic mass is 9.91. The quantitative estimate of drug-likeness (QED) is 0.221. The van der Waals surface area contributed by atoms with Gasteiger partial charge in [0.05, 0.1) is 0 Å². The fourth-order valence-electron chi connectivity index (χ4n) is 4.78. The Morgan fingerprint density at radius 3 is 1.46 bits per heavy atom. The summed E-state index contributed by atoms with van der Waals surface area (Å²) in [7, 11) is 0. The van der Waals surface area contributed by atoms with E-state index in [1.807, 2.05) is 0 Å². The van der Waals surface area contributed by atoms with Gasteiger partial charge in [0.2, 0.25) is 0 Å². The minimum Gasteiger partial charge on any atom is -0.0622 e. The number of fused-ring (bicyclic) bond motifs is 1. The van der Waals surface area contributed by atoms with Crippen LogP contribution in [0.1, 0.15) is 0 Å². The molecule has 0 N–H and O–H groups in total. The van der Waals surface area contributed by atoms with Crippen LogP contribution >= 0.6 is 15.9 Å². The average Bonchev–Trinajstić information content (AvgIpc) is 2.93. The van der Waals surface area contributed by atoms with E-state index in [9.17, 15) is 0 Å². The molecule has 6 aromatic rings. The van der Waals surface area contributed by atoms with E-state index in [1.54, 1.807) is 0 Å². The van der Waals surface area contributed by atoms with Gasteiger partial charge in [-0.05, 0) is 91.7 Å². The molecule has 0 saturated heterocycles. The summed E-state index contributed by atoms with van der Waals surface area (Å²) >= 11 is 3.80. The van der Waals surface area contributed by atoms with Crippen LogP contribution in [0.2, 0.25) is 0 Å². The number of rotatable bonds is 4. The molecule has 0 aliphatic heterocycles. The van der Waals surface area contributed by atoms with Crippen molar-refractivity contribution in [3.8, 4) is 44.5 Å². The van der Waals surface area contributed by atoms with E-state index in [0.29, 0.717) is 0 Å². The molecular formula is C34H23Br. The van der Waals surface area contributed by atoms with Gasteiger partial charge in [-0.25, -0.2) is 0 Å². The van der Waals surface area contributed by atoms with Crippen LogP contribution in [-0.2, 0) is 0 Å². The van der Waals surface area contributed by atoms with Crippen molar-refractivity contribution in [3.05, 3.63) is 144 Å². The molecule has 0 aliphatic rings. The van der Waals surface area contributed by atoms with Crippen molar-refractivity contribution in [3.63, 3.8) is 0 Å². The fourth-order valence-corrected chi connectivity index (χ4v) is 5.27. The molecule has 0 saturated carbocycles. The lowest BCUT2D eigenvalue weighted by Gasteiger charge is -2.14. The summed E-state index contributed by atoms with van der Waals surface area (Å²) in [5, 5.41) is 2.52. The molecule has 0 fully saturated rings. The monoisotopic (exact) mass is 510 g/mol. The zero-order chi connectivity index (χ0) is 23.6. The fraction of sp³-hybridized carbons (Fsp3) is 0. The molecule has 0 heterocycles. The van der Waals surface area contributed by atoms with Crippen LogP contribution in [0.3, 0.4) is 0 Å². The smallest absolute Gasteiger partial charge is 0.0187 e. The van der Waals surface area contributed by atoms with Gasteiger partial charge >= 0.3 is 0 Å². The van der Waals surface area contributed by atoms with E-state index in [2.05, 4.69) is 155 Å². The summed E-state index contributed by atoms with van der Waals surface area (Å²) in [6, 6.07) is 50.0. The third-order valence-electron chi connectivity index (χ3n) is 6.48. The highest BCUT2D eigenvalue weighted by Gasteiger charge is 2.11. The number of hydrogen-bond donors (Lipinski definition) is 0. The first-order chi connectivity index (χ1) is 17.2. The zero-order valence-corrected chi connectivity index (χ0v) is 20.7. The maximum atomic E-state index is 3.80. The average molecular weight is 511 g/mol. The summed E-state index contributed by atoms with van der Waals surface area (Å²) in [6.07, 6.45) is 0. The molecule has 0 bridgehead atoms. The van der Waals surface area contributed by atoms with Crippen LogP contribution in [0.25, 0.3) is 55.3 Å². The van der Waals surface area contributed by atoms with E-state index < -0.39 is 0 Å². The van der Waals surface area contributed by atoms with Crippen molar-refractivity contribution >= 4 is 26.7 Å². The second kappa shape index (κ2) is 9.37. The van der Waals surface area contributed by atoms with Gasteiger partial charge in [-0.3, -0.25) is 0 Å². The summed E-state index contributed by atoms with van der Waals surface area (Å²) < 4.78 is 1.07. The molecule has 0 atom stereocenters. The topological polar surface area (TPSA) is 0 Å². The van der Waals surface area contributed by atoms with Crippen molar-refractivity contribution in [1.82, 2.24) is 0 Å². The van der Waals surface area contributed by atoms with Crippen molar-refractivity contribution in [2.75, 3.05) is 0 Å². The summed E-state index contributed by atoms with van der Waals surface area (Å²) in [4.78, 5) is 0. The first-order valence-corrected chi connectivity index (χ1v) is 12.6. The minimum absolute atomic E-state index is 1.07. The van der Waals surface area contributed by atoms with Crippen molar-refractivity contribution in [1.29, 1.82) is 0 Å². The SMILES string of the molecule is Brc1cc(-c2cc(-c3ccccc3)cc(-c3ccccc3)c2)cc(-c2cccc3ccccc23)c1. The second-order valence-corrected chi connectivity index (χ2v) is 9.70. The first kappa shape index (κ1) is 21.6. The third-order valence-corrected chi connectivity index (χ3v) is 6.94. The van der Waals surface area contributed by atoms with Gasteiger partial charge < -0.3 is 0 Å². The second-order valence-electron chi connectivity index (χ2n) is 8.79. The molecule has 0 radical (unpaired) electrons. The molecule has 0 spiro atoms. The Labute approximate surface area is 214 Å². The predicted octanol–water partition coefficient (Wildman–Crippen LogP) is 10.3. The van der Waals surface area contributed by atoms with Gasteiger partial charge in [-0.1, -0.05) is 119 Å². The molecule has 1 heteroatoms. The molecule has 35 heavy (non-hydrogen) atoms. The van der Waals surface area contributed by atoms with Crippen LogP contribution in [0.4, 0.5) is 0 Å². The van der Waals surface area contributed by atoms with Crippen LogP contribution in [0.5, 0.6) is 0 Å². The highest BCUT2D eigenvalue weighted by molar-refractivity contribution is 9.10. The van der Waals surface area contributed by atoms with Gasteiger partial charge in [-0.15, -0.1) is 0 Å². The van der Waals surface area contributed by atoms with E-state index in [0.717, 1.165) is 4.47 Å². The summed E-state index contributed by atoms with van der Waals surface area (Å²) in [6.45, 7) is 0.